The van der Waals surface area contributed by atoms with Crippen molar-refractivity contribution in [2.24, 2.45) is 0 Å². The third-order valence-electron chi connectivity index (χ3n) is 9.81. The van der Waals surface area contributed by atoms with Crippen LogP contribution in [0.4, 0.5) is 0 Å². The maximum absolute atomic E-state index is 2.38. The van der Waals surface area contributed by atoms with E-state index in [1.54, 1.807) is 69.6 Å². The highest BCUT2D eigenvalue weighted by molar-refractivity contribution is 7.76. The molecule has 2 aliphatic heterocycles. The Morgan fingerprint density at radius 3 is 1.03 bits per heavy atom. The Bertz CT molecular complexity index is 433. The number of unbranched alkanes of at least 4 members (excludes halogenated alkanes) is 12. The predicted octanol–water partition coefficient (Wildman–Crippen LogP) is 12.9. The van der Waals surface area contributed by atoms with E-state index >= 15 is 0 Å². The molecule has 2 heteroatoms. The molecule has 2 heterocycles. The molecule has 0 nitrogen and oxygen atoms in total. The van der Waals surface area contributed by atoms with Crippen molar-refractivity contribution in [1.82, 2.24) is 0 Å². The standard InChI is InChI=1S/C33H66P2/c1-5-9-13-17-23-32(24-18-14-10-6-2)27-21-29-34(32)31-35-30-22-28-33(35,25-19-15-11-7-3)26-20-16-12-8-4/h5-31H2,1-4H3. The molecule has 0 radical (unpaired) electrons. The lowest BCUT2D eigenvalue weighted by Crippen LogP contribution is -2.28. The van der Waals surface area contributed by atoms with Gasteiger partial charge in [0.1, 0.15) is 0 Å². The highest BCUT2D eigenvalue weighted by atomic mass is 31.2. The maximum Gasteiger partial charge on any atom is -0.00911 e. The first kappa shape index (κ1) is 32.1. The van der Waals surface area contributed by atoms with Crippen LogP contribution in [0, 0.1) is 0 Å². The lowest BCUT2D eigenvalue weighted by atomic mass is 9.90. The van der Waals surface area contributed by atoms with Gasteiger partial charge in [-0.05, 0) is 79.9 Å². The van der Waals surface area contributed by atoms with Crippen LogP contribution in [0.1, 0.15) is 182 Å². The fourth-order valence-corrected chi connectivity index (χ4v) is 17.6. The number of hydrogen-bond acceptors (Lipinski definition) is 0. The van der Waals surface area contributed by atoms with Crippen LogP contribution in [0.15, 0.2) is 0 Å². The average Bonchev–Trinajstić information content (AvgIpc) is 3.45. The Morgan fingerprint density at radius 2 is 0.743 bits per heavy atom. The van der Waals surface area contributed by atoms with E-state index < -0.39 is 0 Å². The first-order valence-corrected chi connectivity index (χ1v) is 20.1. The predicted molar refractivity (Wildman–Crippen MR) is 167 cm³/mol. The van der Waals surface area contributed by atoms with Crippen molar-refractivity contribution < 1.29 is 0 Å². The minimum atomic E-state index is 0.281. The Balaban J connectivity index is 2.09. The lowest BCUT2D eigenvalue weighted by molar-refractivity contribution is 0.427. The molecule has 2 aliphatic rings. The first-order chi connectivity index (χ1) is 17.2. The van der Waals surface area contributed by atoms with Crippen molar-refractivity contribution in [3.05, 3.63) is 0 Å². The molecular formula is C33H66P2. The molecule has 0 bridgehead atoms. The van der Waals surface area contributed by atoms with Crippen LogP contribution in [0.2, 0.25) is 0 Å². The van der Waals surface area contributed by atoms with Gasteiger partial charge in [0.15, 0.2) is 0 Å². The van der Waals surface area contributed by atoms with E-state index in [4.69, 9.17) is 0 Å². The number of rotatable bonds is 22. The Morgan fingerprint density at radius 1 is 0.429 bits per heavy atom. The Hall–Kier alpha value is 0.860. The molecule has 2 saturated heterocycles. The zero-order chi connectivity index (χ0) is 25.2. The smallest absolute Gasteiger partial charge is 0.00911 e. The quantitative estimate of drug-likeness (QED) is 0.0975. The van der Waals surface area contributed by atoms with E-state index in [9.17, 15) is 0 Å². The summed E-state index contributed by atoms with van der Waals surface area (Å²) in [6.45, 7) is 9.52. The summed E-state index contributed by atoms with van der Waals surface area (Å²) in [6, 6.07) is 0. The summed E-state index contributed by atoms with van der Waals surface area (Å²) >= 11 is 0. The van der Waals surface area contributed by atoms with Crippen molar-refractivity contribution >= 4 is 15.8 Å². The highest BCUT2D eigenvalue weighted by Gasteiger charge is 2.47. The second-order valence-electron chi connectivity index (χ2n) is 12.6. The van der Waals surface area contributed by atoms with Gasteiger partial charge in [-0.1, -0.05) is 146 Å². The molecule has 2 fully saturated rings. The topological polar surface area (TPSA) is 0 Å². The largest absolute Gasteiger partial charge is 0.0959 e. The molecule has 2 atom stereocenters. The third-order valence-corrected chi connectivity index (χ3v) is 18.3. The molecule has 0 saturated carbocycles. The molecular weight excluding hydrogens is 458 g/mol. The van der Waals surface area contributed by atoms with Crippen molar-refractivity contribution in [2.75, 3.05) is 18.2 Å². The van der Waals surface area contributed by atoms with Crippen molar-refractivity contribution in [3.8, 4) is 0 Å². The second-order valence-corrected chi connectivity index (χ2v) is 18.6. The fourth-order valence-electron chi connectivity index (χ4n) is 7.54. The molecule has 0 N–H and O–H groups in total. The van der Waals surface area contributed by atoms with E-state index in [1.165, 1.54) is 103 Å². The lowest BCUT2D eigenvalue weighted by Gasteiger charge is -2.43. The second kappa shape index (κ2) is 19.0. The van der Waals surface area contributed by atoms with E-state index in [2.05, 4.69) is 27.7 Å². The molecule has 208 valence electrons. The van der Waals surface area contributed by atoms with Crippen molar-refractivity contribution in [2.45, 2.75) is 192 Å². The van der Waals surface area contributed by atoms with Crippen LogP contribution in [0.3, 0.4) is 0 Å². The monoisotopic (exact) mass is 524 g/mol. The molecule has 0 spiro atoms. The van der Waals surface area contributed by atoms with Gasteiger partial charge in [-0.3, -0.25) is 0 Å². The maximum atomic E-state index is 2.38. The average molecular weight is 525 g/mol. The highest BCUT2D eigenvalue weighted by Crippen LogP contribution is 2.73. The molecule has 2 rings (SSSR count). The molecule has 0 aliphatic carbocycles. The first-order valence-electron chi connectivity index (χ1n) is 16.7. The van der Waals surface area contributed by atoms with Crippen LogP contribution >= 0.6 is 15.8 Å². The summed E-state index contributed by atoms with van der Waals surface area (Å²) in [5.41, 5.74) is 0. The molecule has 0 amide bonds. The Labute approximate surface area is 225 Å². The van der Waals surface area contributed by atoms with Crippen LogP contribution in [0.25, 0.3) is 0 Å². The van der Waals surface area contributed by atoms with E-state index in [0.29, 0.717) is 0 Å². The summed E-state index contributed by atoms with van der Waals surface area (Å²) in [4.78, 5) is 0. The van der Waals surface area contributed by atoms with Gasteiger partial charge in [0.2, 0.25) is 0 Å². The van der Waals surface area contributed by atoms with Gasteiger partial charge in [-0.2, -0.15) is 0 Å². The third kappa shape index (κ3) is 10.9. The van der Waals surface area contributed by atoms with Gasteiger partial charge in [0, 0.05) is 0 Å². The number of hydrogen-bond donors (Lipinski definition) is 0. The van der Waals surface area contributed by atoms with E-state index in [1.807, 2.05) is 0 Å². The zero-order valence-electron chi connectivity index (χ0n) is 25.0. The van der Waals surface area contributed by atoms with Gasteiger partial charge in [-0.15, -0.1) is 0 Å². The molecule has 0 aromatic heterocycles. The van der Waals surface area contributed by atoms with Crippen LogP contribution in [0.5, 0.6) is 0 Å². The normalized spacial score (nSPS) is 23.3. The van der Waals surface area contributed by atoms with Gasteiger partial charge < -0.3 is 0 Å². The molecule has 35 heavy (non-hydrogen) atoms. The summed E-state index contributed by atoms with van der Waals surface area (Å²) in [5.74, 6) is 1.74. The van der Waals surface area contributed by atoms with Crippen LogP contribution in [-0.4, -0.2) is 28.5 Å². The van der Waals surface area contributed by atoms with Gasteiger partial charge >= 0.3 is 0 Å². The van der Waals surface area contributed by atoms with Gasteiger partial charge in [-0.25, -0.2) is 0 Å². The molecule has 2 unspecified atom stereocenters. The van der Waals surface area contributed by atoms with Crippen molar-refractivity contribution in [1.29, 1.82) is 0 Å². The summed E-state index contributed by atoms with van der Waals surface area (Å²) < 4.78 is 0. The zero-order valence-corrected chi connectivity index (χ0v) is 26.8. The minimum absolute atomic E-state index is 0.281. The SMILES string of the molecule is CCCCCCC1(CCCCCC)CCCP1CP1CCCC1(CCCCCC)CCCCCC. The van der Waals surface area contributed by atoms with E-state index in [-0.39, 0.29) is 15.8 Å². The van der Waals surface area contributed by atoms with Crippen LogP contribution in [-0.2, 0) is 0 Å². The van der Waals surface area contributed by atoms with Gasteiger partial charge in [0.25, 0.3) is 0 Å². The minimum Gasteiger partial charge on any atom is -0.0959 e. The van der Waals surface area contributed by atoms with Crippen molar-refractivity contribution in [3.63, 3.8) is 0 Å². The summed E-state index contributed by atoms with van der Waals surface area (Å²) in [7, 11) is 0.563. The van der Waals surface area contributed by atoms with Crippen LogP contribution < -0.4 is 0 Å². The summed E-state index contributed by atoms with van der Waals surface area (Å²) in [6.07, 6.45) is 39.7. The summed E-state index contributed by atoms with van der Waals surface area (Å²) in [5, 5.41) is 1.61. The molecule has 0 aromatic rings. The van der Waals surface area contributed by atoms with Gasteiger partial charge in [0.05, 0.1) is 0 Å². The van der Waals surface area contributed by atoms with E-state index in [0.717, 1.165) is 10.3 Å². The fraction of sp³-hybridized carbons (Fsp3) is 1.00. The molecule has 0 aromatic carbocycles. The Kier molecular flexibility index (Phi) is 17.4.